The molecule has 0 spiro atoms. The summed E-state index contributed by atoms with van der Waals surface area (Å²) in [6.07, 6.45) is 10.3. The van der Waals surface area contributed by atoms with Gasteiger partial charge in [0.05, 0.1) is 12.1 Å². The van der Waals surface area contributed by atoms with Gasteiger partial charge in [-0.15, -0.1) is 6.58 Å². The lowest BCUT2D eigenvalue weighted by atomic mass is 9.80. The lowest BCUT2D eigenvalue weighted by Crippen LogP contribution is -2.62. The Bertz CT molecular complexity index is 1420. The van der Waals surface area contributed by atoms with Crippen molar-refractivity contribution in [3.05, 3.63) is 24.3 Å². The zero-order valence-electron chi connectivity index (χ0n) is 34.0. The molecule has 0 aromatic heterocycles. The second-order valence-electron chi connectivity index (χ2n) is 17.6. The number of rotatable bonds is 16. The molecule has 3 rings (SSSR count). The molecule has 4 N–H and O–H groups in total. The number of imide groups is 1. The van der Waals surface area contributed by atoms with Crippen LogP contribution in [0.15, 0.2) is 24.3 Å². The highest BCUT2D eigenvalue weighted by Crippen LogP contribution is 2.34. The number of Topliss-reactive ketones (excluding diaryl/α,β-unsaturated/α-hetero) is 1. The maximum absolute atomic E-state index is 14.7. The summed E-state index contributed by atoms with van der Waals surface area (Å²) >= 11 is 0. The minimum absolute atomic E-state index is 0.00892. The number of amides is 7. The molecular weight excluding hydrogens is 688 g/mol. The summed E-state index contributed by atoms with van der Waals surface area (Å²) in [5.74, 6) is -3.52. The molecule has 2 saturated heterocycles. The van der Waals surface area contributed by atoms with E-state index in [-0.39, 0.29) is 68.5 Å². The number of allylic oxidation sites excluding steroid dienone is 1. The van der Waals surface area contributed by atoms with Gasteiger partial charge in [-0.1, -0.05) is 91.4 Å². The number of piperidine rings is 1. The largest absolute Gasteiger partial charge is 0.346 e. The van der Waals surface area contributed by atoms with Gasteiger partial charge in [0.25, 0.3) is 5.91 Å². The van der Waals surface area contributed by atoms with Crippen LogP contribution in [0.3, 0.4) is 0 Å². The molecule has 2 heterocycles. The lowest BCUT2D eigenvalue weighted by Gasteiger charge is -2.40. The summed E-state index contributed by atoms with van der Waals surface area (Å²) in [5, 5.41) is 11.3. The van der Waals surface area contributed by atoms with Gasteiger partial charge in [-0.25, -0.2) is 4.79 Å². The number of ketones is 1. The molecule has 2 unspecified atom stereocenters. The molecule has 0 radical (unpaired) electrons. The summed E-state index contributed by atoms with van der Waals surface area (Å²) in [5.41, 5.74) is -0.00110. The Hall–Kier alpha value is -4.03. The highest BCUT2D eigenvalue weighted by molar-refractivity contribution is 6.38. The number of nitrogens with one attached hydrogen (secondary N) is 4. The van der Waals surface area contributed by atoms with Gasteiger partial charge < -0.3 is 26.2 Å². The third kappa shape index (κ3) is 12.2. The maximum atomic E-state index is 14.7. The van der Waals surface area contributed by atoms with Gasteiger partial charge in [0.15, 0.2) is 0 Å². The van der Waals surface area contributed by atoms with Crippen molar-refractivity contribution in [2.45, 2.75) is 150 Å². The number of carbonyl (C=O) groups excluding carboxylic acids is 7. The molecule has 1 saturated carbocycles. The zero-order chi connectivity index (χ0) is 40.4. The lowest BCUT2D eigenvalue weighted by molar-refractivity contribution is -0.153. The number of unbranched alkanes of at least 4 members (excludes halogenated alkanes) is 1. The number of nitrogens with zero attached hydrogens (tertiary/aromatic N) is 2. The van der Waals surface area contributed by atoms with Crippen molar-refractivity contribution >= 4 is 41.4 Å². The Balaban J connectivity index is 1.90. The van der Waals surface area contributed by atoms with Gasteiger partial charge in [0.2, 0.25) is 29.4 Å². The first-order valence-corrected chi connectivity index (χ1v) is 19.9. The third-order valence-corrected chi connectivity index (χ3v) is 10.9. The van der Waals surface area contributed by atoms with Gasteiger partial charge in [0.1, 0.15) is 12.1 Å². The molecule has 2 aliphatic heterocycles. The zero-order valence-corrected chi connectivity index (χ0v) is 34.0. The van der Waals surface area contributed by atoms with Crippen molar-refractivity contribution < 1.29 is 33.6 Å². The van der Waals surface area contributed by atoms with Crippen LogP contribution in [0.5, 0.6) is 0 Å². The summed E-state index contributed by atoms with van der Waals surface area (Å²) in [7, 11) is 0. The summed E-state index contributed by atoms with van der Waals surface area (Å²) in [4.78, 5) is 97.6. The predicted molar refractivity (Wildman–Crippen MR) is 208 cm³/mol. The summed E-state index contributed by atoms with van der Waals surface area (Å²) in [6.45, 7) is 19.3. The van der Waals surface area contributed by atoms with E-state index >= 15 is 0 Å². The van der Waals surface area contributed by atoms with Crippen LogP contribution in [-0.2, 0) is 28.8 Å². The van der Waals surface area contributed by atoms with Gasteiger partial charge in [-0.05, 0) is 56.3 Å². The maximum Gasteiger partial charge on any atom is 0.315 e. The predicted octanol–water partition coefficient (Wildman–Crippen LogP) is 4.55. The standard InChI is InChI=1S/C41H66N6O7/c1-10-12-18-29(35(50)37(52)42-20-11-2)43-36(51)34-28(22-26(3)4)19-21-46(34)38(53)33(27-16-14-13-15-17-27)45-39(54)44-30(40(5,6)7)25-47-31(48)23-41(8,9)24-32(47)49/h11,22,27-30,33-34H,2,10,12-21,23-25H2,1,3-9H3,(H,42,52)(H,43,51)(H2,44,45,54)/t28?,29?,30-,33+,34+/m1/s1. The van der Waals surface area contributed by atoms with E-state index in [0.29, 0.717) is 12.8 Å². The van der Waals surface area contributed by atoms with Gasteiger partial charge >= 0.3 is 6.03 Å². The molecule has 0 bridgehead atoms. The Labute approximate surface area is 322 Å². The van der Waals surface area contributed by atoms with E-state index in [4.69, 9.17) is 0 Å². The van der Waals surface area contributed by atoms with Crippen LogP contribution in [0.1, 0.15) is 126 Å². The molecule has 7 amide bonds. The van der Waals surface area contributed by atoms with Crippen molar-refractivity contribution in [2.75, 3.05) is 19.6 Å². The highest BCUT2D eigenvalue weighted by atomic mass is 16.2. The normalized spacial score (nSPS) is 22.1. The SMILES string of the molecule is C=CCNC(=O)C(=O)C(CCCC)NC(=O)[C@@H]1C(C=C(C)C)CCN1C(=O)[C@@H](NC(=O)N[C@H](CN1C(=O)CC(C)(C)CC1=O)C(C)(C)C)C1CCCCC1. The van der Waals surface area contributed by atoms with Crippen molar-refractivity contribution in [3.63, 3.8) is 0 Å². The molecule has 5 atom stereocenters. The van der Waals surface area contributed by atoms with E-state index in [1.54, 1.807) is 0 Å². The number of carbonyl (C=O) groups is 7. The fourth-order valence-corrected chi connectivity index (χ4v) is 7.85. The average Bonchev–Trinajstić information content (AvgIpc) is 3.50. The monoisotopic (exact) mass is 754 g/mol. The number of hydrogen-bond donors (Lipinski definition) is 4. The van der Waals surface area contributed by atoms with Crippen molar-refractivity contribution in [1.82, 2.24) is 31.1 Å². The van der Waals surface area contributed by atoms with Crippen LogP contribution in [0.25, 0.3) is 0 Å². The Morgan fingerprint density at radius 2 is 1.57 bits per heavy atom. The first-order chi connectivity index (χ1) is 25.3. The van der Waals surface area contributed by atoms with E-state index in [2.05, 4.69) is 27.8 Å². The van der Waals surface area contributed by atoms with E-state index in [9.17, 15) is 33.6 Å². The topological polar surface area (TPSA) is 174 Å². The molecule has 0 aromatic carbocycles. The van der Waals surface area contributed by atoms with Gasteiger partial charge in [0, 0.05) is 38.4 Å². The van der Waals surface area contributed by atoms with E-state index < -0.39 is 58.6 Å². The Morgan fingerprint density at radius 3 is 2.13 bits per heavy atom. The second-order valence-corrected chi connectivity index (χ2v) is 17.6. The van der Waals surface area contributed by atoms with Crippen molar-refractivity contribution in [1.29, 1.82) is 0 Å². The quantitative estimate of drug-likeness (QED) is 0.102. The third-order valence-electron chi connectivity index (χ3n) is 10.9. The number of urea groups is 1. The highest BCUT2D eigenvalue weighted by Gasteiger charge is 2.46. The molecule has 54 heavy (non-hydrogen) atoms. The molecule has 13 heteroatoms. The van der Waals surface area contributed by atoms with Crippen LogP contribution >= 0.6 is 0 Å². The molecule has 13 nitrogen and oxygen atoms in total. The smallest absolute Gasteiger partial charge is 0.315 e. The Morgan fingerprint density at radius 1 is 0.944 bits per heavy atom. The fraction of sp³-hybridized carbons (Fsp3) is 0.732. The van der Waals surface area contributed by atoms with Crippen LogP contribution in [0, 0.1) is 22.7 Å². The minimum Gasteiger partial charge on any atom is -0.346 e. The van der Waals surface area contributed by atoms with Crippen LogP contribution in [-0.4, -0.2) is 95.0 Å². The van der Waals surface area contributed by atoms with Gasteiger partial charge in [-0.3, -0.25) is 33.7 Å². The minimum atomic E-state index is -1.07. The summed E-state index contributed by atoms with van der Waals surface area (Å²) < 4.78 is 0. The molecule has 1 aliphatic carbocycles. The van der Waals surface area contributed by atoms with Crippen LogP contribution in [0.2, 0.25) is 0 Å². The van der Waals surface area contributed by atoms with Gasteiger partial charge in [-0.2, -0.15) is 0 Å². The van der Waals surface area contributed by atoms with Crippen molar-refractivity contribution in [3.8, 4) is 0 Å². The summed E-state index contributed by atoms with van der Waals surface area (Å²) in [6, 6.07) is -4.16. The van der Waals surface area contributed by atoms with E-state index in [1.807, 2.05) is 61.5 Å². The van der Waals surface area contributed by atoms with E-state index in [0.717, 1.165) is 44.1 Å². The Kier molecular flexibility index (Phi) is 16.0. The first-order valence-electron chi connectivity index (χ1n) is 19.9. The molecule has 3 aliphatic rings. The number of hydrogen-bond acceptors (Lipinski definition) is 7. The molecule has 302 valence electrons. The van der Waals surface area contributed by atoms with Crippen molar-refractivity contribution in [2.24, 2.45) is 22.7 Å². The fourth-order valence-electron chi connectivity index (χ4n) is 7.85. The first kappa shape index (κ1) is 44.4. The molecule has 3 fully saturated rings. The van der Waals surface area contributed by atoms with Crippen LogP contribution < -0.4 is 21.3 Å². The average molecular weight is 755 g/mol. The van der Waals surface area contributed by atoms with E-state index in [1.165, 1.54) is 15.9 Å². The molecular formula is C41H66N6O7. The van der Waals surface area contributed by atoms with Crippen LogP contribution in [0.4, 0.5) is 4.79 Å². The second kappa shape index (κ2) is 19.5. The molecule has 0 aromatic rings. The number of likely N-dealkylation sites (tertiary alicyclic amines) is 2.